The Hall–Kier alpha value is -0.730. The number of halogens is 1. The zero-order chi connectivity index (χ0) is 15.0. The lowest BCUT2D eigenvalue weighted by atomic mass is 9.73. The van der Waals surface area contributed by atoms with Crippen molar-refractivity contribution < 1.29 is 0 Å². The first kappa shape index (κ1) is 15.2. The van der Waals surface area contributed by atoms with E-state index in [0.29, 0.717) is 12.1 Å². The molecule has 0 aromatic heterocycles. The van der Waals surface area contributed by atoms with Crippen LogP contribution in [-0.2, 0) is 0 Å². The third-order valence-corrected chi connectivity index (χ3v) is 5.68. The van der Waals surface area contributed by atoms with Crippen molar-refractivity contribution in [3.05, 3.63) is 28.8 Å². The summed E-state index contributed by atoms with van der Waals surface area (Å²) < 4.78 is 0. The quantitative estimate of drug-likeness (QED) is 0.880. The number of hydrogen-bond donors (Lipinski definition) is 1. The van der Waals surface area contributed by atoms with Crippen molar-refractivity contribution in [3.63, 3.8) is 0 Å². The van der Waals surface area contributed by atoms with Crippen molar-refractivity contribution in [2.24, 2.45) is 11.8 Å². The first-order valence-corrected chi connectivity index (χ1v) is 8.69. The zero-order valence-corrected chi connectivity index (χ0v) is 14.2. The highest BCUT2D eigenvalue weighted by Gasteiger charge is 2.40. The van der Waals surface area contributed by atoms with E-state index in [4.69, 9.17) is 11.6 Å². The van der Waals surface area contributed by atoms with Gasteiger partial charge in [0.15, 0.2) is 0 Å². The molecule has 1 saturated carbocycles. The van der Waals surface area contributed by atoms with Gasteiger partial charge in [-0.15, -0.1) is 0 Å². The number of likely N-dealkylation sites (tertiary alicyclic amines) is 1. The van der Waals surface area contributed by atoms with Crippen molar-refractivity contribution >= 4 is 17.3 Å². The maximum atomic E-state index is 6.41. The first-order chi connectivity index (χ1) is 10.1. The molecule has 0 radical (unpaired) electrons. The van der Waals surface area contributed by atoms with Gasteiger partial charge in [-0.2, -0.15) is 0 Å². The van der Waals surface area contributed by atoms with Crippen LogP contribution in [0.25, 0.3) is 0 Å². The van der Waals surface area contributed by atoms with E-state index in [-0.39, 0.29) is 0 Å². The first-order valence-electron chi connectivity index (χ1n) is 8.32. The third-order valence-electron chi connectivity index (χ3n) is 5.37. The van der Waals surface area contributed by atoms with E-state index in [0.717, 1.165) is 22.5 Å². The summed E-state index contributed by atoms with van der Waals surface area (Å²) in [6, 6.07) is 7.43. The Balaban J connectivity index is 1.80. The molecule has 2 fully saturated rings. The van der Waals surface area contributed by atoms with Crippen molar-refractivity contribution in [2.75, 3.05) is 18.4 Å². The van der Waals surface area contributed by atoms with Gasteiger partial charge in [0.05, 0.1) is 10.7 Å². The Morgan fingerprint density at radius 2 is 1.86 bits per heavy atom. The van der Waals surface area contributed by atoms with E-state index in [2.05, 4.69) is 37.1 Å². The zero-order valence-electron chi connectivity index (χ0n) is 13.4. The molecule has 3 heteroatoms. The Bertz CT molecular complexity index is 466. The van der Waals surface area contributed by atoms with Crippen LogP contribution in [0.15, 0.2) is 18.2 Å². The number of hydrogen-bond acceptors (Lipinski definition) is 2. The SMILES string of the molecule is Cc1cccc(Cl)c1NC1C2CCCC1CN(C(C)C)C2. The van der Waals surface area contributed by atoms with Crippen LogP contribution in [0.3, 0.4) is 0 Å². The number of nitrogens with zero attached hydrogens (tertiary/aromatic N) is 1. The average molecular weight is 307 g/mol. The van der Waals surface area contributed by atoms with E-state index in [1.807, 2.05) is 12.1 Å². The largest absolute Gasteiger partial charge is 0.380 e. The monoisotopic (exact) mass is 306 g/mol. The molecule has 21 heavy (non-hydrogen) atoms. The molecule has 2 bridgehead atoms. The molecule has 2 aliphatic rings. The summed E-state index contributed by atoms with van der Waals surface area (Å²) in [4.78, 5) is 2.66. The van der Waals surface area contributed by atoms with E-state index in [1.165, 1.54) is 37.9 Å². The number of aryl methyl sites for hydroxylation is 1. The van der Waals surface area contributed by atoms with Crippen LogP contribution < -0.4 is 5.32 Å². The van der Waals surface area contributed by atoms with Crippen LogP contribution in [0.2, 0.25) is 5.02 Å². The molecule has 116 valence electrons. The lowest BCUT2D eigenvalue weighted by Crippen LogP contribution is -2.56. The van der Waals surface area contributed by atoms with Gasteiger partial charge in [-0.3, -0.25) is 0 Å². The van der Waals surface area contributed by atoms with Gasteiger partial charge in [0, 0.05) is 25.2 Å². The fraction of sp³-hybridized carbons (Fsp3) is 0.667. The van der Waals surface area contributed by atoms with E-state index in [1.54, 1.807) is 0 Å². The molecule has 1 aromatic rings. The molecule has 1 aliphatic carbocycles. The Morgan fingerprint density at radius 1 is 1.19 bits per heavy atom. The van der Waals surface area contributed by atoms with Gasteiger partial charge >= 0.3 is 0 Å². The van der Waals surface area contributed by atoms with Crippen molar-refractivity contribution in [2.45, 2.75) is 52.1 Å². The van der Waals surface area contributed by atoms with Gasteiger partial charge in [-0.1, -0.05) is 30.2 Å². The molecule has 1 heterocycles. The molecule has 0 spiro atoms. The minimum Gasteiger partial charge on any atom is -0.380 e. The van der Waals surface area contributed by atoms with Crippen LogP contribution in [0.1, 0.15) is 38.7 Å². The van der Waals surface area contributed by atoms with Gasteiger partial charge < -0.3 is 10.2 Å². The summed E-state index contributed by atoms with van der Waals surface area (Å²) in [5, 5.41) is 4.68. The fourth-order valence-corrected chi connectivity index (χ4v) is 4.39. The Kier molecular flexibility index (Phi) is 4.46. The standard InChI is InChI=1S/C18H27ClN2/c1-12(2)21-10-14-7-5-8-15(11-21)18(14)20-17-13(3)6-4-9-16(17)19/h4,6,9,12,14-15,18,20H,5,7-8,10-11H2,1-3H3. The number of fused-ring (bicyclic) bond motifs is 2. The Labute approximate surface area is 133 Å². The summed E-state index contributed by atoms with van der Waals surface area (Å²) in [6.07, 6.45) is 4.09. The van der Waals surface area contributed by atoms with Crippen LogP contribution in [0.4, 0.5) is 5.69 Å². The third kappa shape index (κ3) is 3.07. The van der Waals surface area contributed by atoms with Crippen LogP contribution in [0.5, 0.6) is 0 Å². The molecular weight excluding hydrogens is 280 g/mol. The maximum Gasteiger partial charge on any atom is 0.0640 e. The lowest BCUT2D eigenvalue weighted by molar-refractivity contribution is 0.0518. The van der Waals surface area contributed by atoms with Crippen LogP contribution in [0, 0.1) is 18.8 Å². The number of anilines is 1. The molecule has 1 N–H and O–H groups in total. The molecule has 1 aliphatic heterocycles. The van der Waals surface area contributed by atoms with Crippen LogP contribution in [-0.4, -0.2) is 30.1 Å². The van der Waals surface area contributed by atoms with Gasteiger partial charge in [0.25, 0.3) is 0 Å². The highest BCUT2D eigenvalue weighted by atomic mass is 35.5. The second-order valence-corrected chi connectivity index (χ2v) is 7.51. The number of benzene rings is 1. The fourth-order valence-electron chi connectivity index (χ4n) is 4.11. The predicted octanol–water partition coefficient (Wildman–Crippen LogP) is 4.57. The minimum atomic E-state index is 0.590. The average Bonchev–Trinajstić information content (AvgIpc) is 2.42. The van der Waals surface area contributed by atoms with Gasteiger partial charge in [-0.05, 0) is 57.1 Å². The highest BCUT2D eigenvalue weighted by molar-refractivity contribution is 6.33. The molecule has 2 atom stereocenters. The highest BCUT2D eigenvalue weighted by Crippen LogP contribution is 2.39. The van der Waals surface area contributed by atoms with Crippen molar-refractivity contribution in [1.82, 2.24) is 4.90 Å². The van der Waals surface area contributed by atoms with E-state index < -0.39 is 0 Å². The molecule has 2 nitrogen and oxygen atoms in total. The molecular formula is C18H27ClN2. The summed E-state index contributed by atoms with van der Waals surface area (Å²) in [5.41, 5.74) is 2.41. The smallest absolute Gasteiger partial charge is 0.0640 e. The topological polar surface area (TPSA) is 15.3 Å². The molecule has 2 unspecified atom stereocenters. The maximum absolute atomic E-state index is 6.41. The second kappa shape index (κ2) is 6.18. The normalized spacial score (nSPS) is 29.7. The van der Waals surface area contributed by atoms with E-state index >= 15 is 0 Å². The number of rotatable bonds is 3. The van der Waals surface area contributed by atoms with Gasteiger partial charge in [-0.25, -0.2) is 0 Å². The number of para-hydroxylation sites is 1. The van der Waals surface area contributed by atoms with Gasteiger partial charge in [0.1, 0.15) is 0 Å². The summed E-state index contributed by atoms with van der Waals surface area (Å²) in [6.45, 7) is 9.25. The van der Waals surface area contributed by atoms with Crippen LogP contribution >= 0.6 is 11.6 Å². The molecule has 1 saturated heterocycles. The lowest BCUT2D eigenvalue weighted by Gasteiger charge is -2.49. The van der Waals surface area contributed by atoms with Crippen molar-refractivity contribution in [3.8, 4) is 0 Å². The predicted molar refractivity (Wildman–Crippen MR) is 91.1 cm³/mol. The number of nitrogens with one attached hydrogen (secondary N) is 1. The molecule has 3 rings (SSSR count). The Morgan fingerprint density at radius 3 is 2.43 bits per heavy atom. The van der Waals surface area contributed by atoms with Gasteiger partial charge in [0.2, 0.25) is 0 Å². The molecule has 1 aromatic carbocycles. The second-order valence-electron chi connectivity index (χ2n) is 7.10. The van der Waals surface area contributed by atoms with Crippen molar-refractivity contribution in [1.29, 1.82) is 0 Å². The summed E-state index contributed by atoms with van der Waals surface area (Å²) in [7, 11) is 0. The number of piperidine rings is 1. The van der Waals surface area contributed by atoms with E-state index in [9.17, 15) is 0 Å². The summed E-state index contributed by atoms with van der Waals surface area (Å²) in [5.74, 6) is 1.52. The minimum absolute atomic E-state index is 0.590. The molecule has 0 amide bonds. The summed E-state index contributed by atoms with van der Waals surface area (Å²) >= 11 is 6.41.